The van der Waals surface area contributed by atoms with Crippen LogP contribution >= 0.6 is 0 Å². The number of benzene rings is 1. The monoisotopic (exact) mass is 254 g/mol. The Morgan fingerprint density at radius 1 is 1.50 bits per heavy atom. The molecule has 0 aliphatic carbocycles. The van der Waals surface area contributed by atoms with Crippen LogP contribution in [0.4, 0.5) is 10.1 Å². The second-order valence-electron chi connectivity index (χ2n) is 4.32. The minimum atomic E-state index is -0.563. The molecule has 5 heteroatoms. The minimum Gasteiger partial charge on any atom is -0.394 e. The Morgan fingerprint density at radius 3 is 2.61 bits per heavy atom. The van der Waals surface area contributed by atoms with E-state index in [4.69, 9.17) is 5.11 Å². The Kier molecular flexibility index (Phi) is 5.09. The van der Waals surface area contributed by atoms with Crippen LogP contribution in [0.3, 0.4) is 0 Å². The first-order chi connectivity index (χ1) is 8.49. The average molecular weight is 254 g/mol. The standard InChI is InChI=1S/C13H19FN2O2/c1-4-9(8-17)15-13(18)11-6-5-10(16(2)3)7-12(11)14/h5-7,9,17H,4,8H2,1-3H3,(H,15,18)/t9-/m1/s1. The number of carbonyl (C=O) groups excluding carboxylic acids is 1. The van der Waals surface area contributed by atoms with Crippen LogP contribution in [0.2, 0.25) is 0 Å². The first-order valence-electron chi connectivity index (χ1n) is 5.88. The number of nitrogens with one attached hydrogen (secondary N) is 1. The van der Waals surface area contributed by atoms with Crippen molar-refractivity contribution < 1.29 is 14.3 Å². The summed E-state index contributed by atoms with van der Waals surface area (Å²) in [7, 11) is 3.60. The Bertz CT molecular complexity index is 417. The zero-order valence-electron chi connectivity index (χ0n) is 10.9. The van der Waals surface area contributed by atoms with Gasteiger partial charge in [0, 0.05) is 19.8 Å². The van der Waals surface area contributed by atoms with E-state index in [0.717, 1.165) is 0 Å². The van der Waals surface area contributed by atoms with E-state index in [9.17, 15) is 9.18 Å². The molecule has 2 N–H and O–H groups in total. The van der Waals surface area contributed by atoms with E-state index in [1.165, 1.54) is 12.1 Å². The molecule has 0 aromatic heterocycles. The maximum Gasteiger partial charge on any atom is 0.254 e. The summed E-state index contributed by atoms with van der Waals surface area (Å²) in [6.07, 6.45) is 0.597. The molecule has 1 amide bonds. The molecule has 0 fully saturated rings. The van der Waals surface area contributed by atoms with Gasteiger partial charge in [0.05, 0.1) is 18.2 Å². The molecule has 1 aromatic rings. The van der Waals surface area contributed by atoms with Gasteiger partial charge in [-0.25, -0.2) is 4.39 Å². The van der Waals surface area contributed by atoms with E-state index in [-0.39, 0.29) is 18.2 Å². The van der Waals surface area contributed by atoms with Crippen LogP contribution in [0, 0.1) is 5.82 Å². The van der Waals surface area contributed by atoms with E-state index in [2.05, 4.69) is 5.32 Å². The lowest BCUT2D eigenvalue weighted by Crippen LogP contribution is -2.37. The Hall–Kier alpha value is -1.62. The quantitative estimate of drug-likeness (QED) is 0.835. The van der Waals surface area contributed by atoms with Crippen LogP contribution < -0.4 is 10.2 Å². The van der Waals surface area contributed by atoms with Crippen molar-refractivity contribution in [3.8, 4) is 0 Å². The summed E-state index contributed by atoms with van der Waals surface area (Å²) in [6, 6.07) is 4.10. The number of amides is 1. The average Bonchev–Trinajstić information content (AvgIpc) is 2.35. The van der Waals surface area contributed by atoms with Gasteiger partial charge in [-0.15, -0.1) is 0 Å². The highest BCUT2D eigenvalue weighted by Gasteiger charge is 2.15. The first kappa shape index (κ1) is 14.4. The summed E-state index contributed by atoms with van der Waals surface area (Å²) in [5.41, 5.74) is 0.686. The third kappa shape index (κ3) is 3.43. The highest BCUT2D eigenvalue weighted by molar-refractivity contribution is 5.95. The fourth-order valence-electron chi connectivity index (χ4n) is 1.51. The van der Waals surface area contributed by atoms with Crippen molar-refractivity contribution in [2.45, 2.75) is 19.4 Å². The fraction of sp³-hybridized carbons (Fsp3) is 0.462. The van der Waals surface area contributed by atoms with E-state index in [1.54, 1.807) is 25.1 Å². The van der Waals surface area contributed by atoms with Crippen molar-refractivity contribution in [2.75, 3.05) is 25.6 Å². The normalized spacial score (nSPS) is 12.1. The molecule has 100 valence electrons. The lowest BCUT2D eigenvalue weighted by atomic mass is 10.1. The van der Waals surface area contributed by atoms with Crippen LogP contribution in [0.5, 0.6) is 0 Å². The Morgan fingerprint density at radius 2 is 2.17 bits per heavy atom. The highest BCUT2D eigenvalue weighted by atomic mass is 19.1. The van der Waals surface area contributed by atoms with Gasteiger partial charge in [-0.2, -0.15) is 0 Å². The molecule has 0 heterocycles. The third-order valence-corrected chi connectivity index (χ3v) is 2.76. The van der Waals surface area contributed by atoms with Crippen molar-refractivity contribution >= 4 is 11.6 Å². The number of hydrogen-bond acceptors (Lipinski definition) is 3. The van der Waals surface area contributed by atoms with Crippen molar-refractivity contribution in [3.05, 3.63) is 29.6 Å². The maximum absolute atomic E-state index is 13.8. The van der Waals surface area contributed by atoms with E-state index in [1.807, 2.05) is 6.92 Å². The van der Waals surface area contributed by atoms with Gasteiger partial charge in [-0.3, -0.25) is 4.79 Å². The third-order valence-electron chi connectivity index (χ3n) is 2.76. The molecule has 0 bridgehead atoms. The van der Waals surface area contributed by atoms with Gasteiger partial charge >= 0.3 is 0 Å². The molecular formula is C13H19FN2O2. The highest BCUT2D eigenvalue weighted by Crippen LogP contribution is 2.16. The molecule has 1 atom stereocenters. The van der Waals surface area contributed by atoms with E-state index < -0.39 is 11.7 Å². The van der Waals surface area contributed by atoms with Gasteiger partial charge in [0.25, 0.3) is 5.91 Å². The lowest BCUT2D eigenvalue weighted by Gasteiger charge is -2.16. The van der Waals surface area contributed by atoms with Gasteiger partial charge in [0.1, 0.15) is 5.82 Å². The van der Waals surface area contributed by atoms with E-state index in [0.29, 0.717) is 12.1 Å². The summed E-state index contributed by atoms with van der Waals surface area (Å²) < 4.78 is 13.8. The smallest absolute Gasteiger partial charge is 0.254 e. The van der Waals surface area contributed by atoms with Gasteiger partial charge in [0.2, 0.25) is 0 Å². The second kappa shape index (κ2) is 6.35. The number of anilines is 1. The largest absolute Gasteiger partial charge is 0.394 e. The molecule has 18 heavy (non-hydrogen) atoms. The van der Waals surface area contributed by atoms with Gasteiger partial charge in [-0.05, 0) is 24.6 Å². The summed E-state index contributed by atoms with van der Waals surface area (Å²) in [4.78, 5) is 13.6. The Labute approximate surface area is 106 Å². The van der Waals surface area contributed by atoms with Crippen LogP contribution in [0.25, 0.3) is 0 Å². The van der Waals surface area contributed by atoms with Crippen molar-refractivity contribution in [1.29, 1.82) is 0 Å². The number of aliphatic hydroxyl groups is 1. The Balaban J connectivity index is 2.87. The number of nitrogens with zero attached hydrogens (tertiary/aromatic N) is 1. The topological polar surface area (TPSA) is 52.6 Å². The second-order valence-corrected chi connectivity index (χ2v) is 4.32. The molecule has 1 rings (SSSR count). The number of halogens is 1. The molecule has 0 aliphatic heterocycles. The first-order valence-corrected chi connectivity index (χ1v) is 5.88. The van der Waals surface area contributed by atoms with Gasteiger partial charge in [-0.1, -0.05) is 6.92 Å². The molecular weight excluding hydrogens is 235 g/mol. The molecule has 0 unspecified atom stereocenters. The van der Waals surface area contributed by atoms with Crippen molar-refractivity contribution in [1.82, 2.24) is 5.32 Å². The summed E-state index contributed by atoms with van der Waals surface area (Å²) in [6.45, 7) is 1.69. The molecule has 0 aliphatic rings. The molecule has 0 radical (unpaired) electrons. The zero-order valence-corrected chi connectivity index (χ0v) is 10.9. The lowest BCUT2D eigenvalue weighted by molar-refractivity contribution is 0.0911. The van der Waals surface area contributed by atoms with Crippen LogP contribution in [0.1, 0.15) is 23.7 Å². The maximum atomic E-state index is 13.8. The predicted octanol–water partition coefficient (Wildman–Crippen LogP) is 1.39. The van der Waals surface area contributed by atoms with Crippen LogP contribution in [-0.4, -0.2) is 37.8 Å². The number of hydrogen-bond donors (Lipinski definition) is 2. The van der Waals surface area contributed by atoms with E-state index >= 15 is 0 Å². The predicted molar refractivity (Wildman–Crippen MR) is 69.4 cm³/mol. The zero-order chi connectivity index (χ0) is 13.7. The van der Waals surface area contributed by atoms with Gasteiger partial charge in [0.15, 0.2) is 0 Å². The molecule has 1 aromatic carbocycles. The summed E-state index contributed by atoms with van der Waals surface area (Å²) in [5.74, 6) is -1.06. The fourth-order valence-corrected chi connectivity index (χ4v) is 1.51. The summed E-state index contributed by atoms with van der Waals surface area (Å²) >= 11 is 0. The number of aliphatic hydroxyl groups excluding tert-OH is 1. The van der Waals surface area contributed by atoms with Crippen molar-refractivity contribution in [2.24, 2.45) is 0 Å². The van der Waals surface area contributed by atoms with Gasteiger partial charge < -0.3 is 15.3 Å². The minimum absolute atomic E-state index is 0.00694. The molecule has 0 spiro atoms. The molecule has 0 saturated heterocycles. The van der Waals surface area contributed by atoms with Crippen LogP contribution in [-0.2, 0) is 0 Å². The molecule has 0 saturated carbocycles. The van der Waals surface area contributed by atoms with Crippen molar-refractivity contribution in [3.63, 3.8) is 0 Å². The SMILES string of the molecule is CC[C@H](CO)NC(=O)c1ccc(N(C)C)cc1F. The van der Waals surface area contributed by atoms with Crippen LogP contribution in [0.15, 0.2) is 18.2 Å². The summed E-state index contributed by atoms with van der Waals surface area (Å²) in [5, 5.41) is 11.6. The molecule has 4 nitrogen and oxygen atoms in total. The number of carbonyl (C=O) groups is 1. The number of rotatable bonds is 5.